The minimum atomic E-state index is -4.87. The number of carbonyl (C=O) groups excluding carboxylic acids is 9. The van der Waals surface area contributed by atoms with E-state index < -0.39 is 142 Å². The van der Waals surface area contributed by atoms with Crippen molar-refractivity contribution in [2.45, 2.75) is 154 Å². The van der Waals surface area contributed by atoms with Gasteiger partial charge in [-0.05, 0) is 88.6 Å². The van der Waals surface area contributed by atoms with Crippen molar-refractivity contribution in [2.75, 3.05) is 6.54 Å². The van der Waals surface area contributed by atoms with Crippen molar-refractivity contribution in [3.8, 4) is 0 Å². The molecule has 0 saturated carbocycles. The van der Waals surface area contributed by atoms with Crippen molar-refractivity contribution in [1.82, 2.24) is 56.5 Å². The molecule has 0 bridgehead atoms. The number of aliphatic carboxylic acids is 1. The number of carboxylic acids is 1. The smallest absolute Gasteiger partial charge is 0.408 e. The number of rotatable bonds is 30. The van der Waals surface area contributed by atoms with Gasteiger partial charge in [-0.1, -0.05) is 93.9 Å². The molecule has 86 heavy (non-hydrogen) atoms. The van der Waals surface area contributed by atoms with E-state index in [4.69, 9.17) is 10.5 Å². The first-order valence-electron chi connectivity index (χ1n) is 27.9. The number of H-pyrrole nitrogens is 2. The summed E-state index contributed by atoms with van der Waals surface area (Å²) in [5, 5.41) is 28.9. The van der Waals surface area contributed by atoms with Crippen LogP contribution in [0, 0.1) is 18.8 Å². The van der Waals surface area contributed by atoms with Crippen LogP contribution in [-0.4, -0.2) is 147 Å². The number of carbonyl (C=O) groups is 10. The topological polar surface area (TPSA) is 392 Å². The highest BCUT2D eigenvalue weighted by Crippen LogP contribution is 2.25. The molecule has 5 aromatic rings. The van der Waals surface area contributed by atoms with Crippen molar-refractivity contribution in [1.29, 1.82) is 0 Å². The zero-order chi connectivity index (χ0) is 63.6. The Bertz CT molecular complexity index is 3310. The lowest BCUT2D eigenvalue weighted by Crippen LogP contribution is -2.60. The highest BCUT2D eigenvalue weighted by atomic mass is 32.2. The first-order chi connectivity index (χ1) is 40.4. The van der Waals surface area contributed by atoms with Gasteiger partial charge in [0.25, 0.3) is 15.9 Å². The number of aryl methyl sites for hydroxylation is 1. The molecular formula is C59H78N12O14S. The molecule has 7 atom stereocenters. The van der Waals surface area contributed by atoms with Crippen LogP contribution < -0.4 is 43.0 Å². The number of nitrogens with two attached hydrogens (primary N) is 1. The predicted octanol–water partition coefficient (Wildman–Crippen LogP) is 2.32. The molecular weight excluding hydrogens is 1130 g/mol. The van der Waals surface area contributed by atoms with Gasteiger partial charge in [-0.15, -0.1) is 0 Å². The average molecular weight is 1210 g/mol. The number of benzene rings is 3. The highest BCUT2D eigenvalue weighted by molar-refractivity contribution is 7.89. The summed E-state index contributed by atoms with van der Waals surface area (Å²) in [6.07, 6.45) is 1.78. The van der Waals surface area contributed by atoms with Gasteiger partial charge in [-0.2, -0.15) is 0 Å². The summed E-state index contributed by atoms with van der Waals surface area (Å²) in [6.45, 7) is 13.6. The molecule has 27 heteroatoms. The first kappa shape index (κ1) is 67.6. The number of fused-ring (bicyclic) bond motifs is 1. The predicted molar refractivity (Wildman–Crippen MR) is 315 cm³/mol. The quantitative estimate of drug-likeness (QED) is 0.0314. The Morgan fingerprint density at radius 3 is 1.92 bits per heavy atom. The maximum Gasteiger partial charge on any atom is 0.408 e. The molecule has 3 aromatic carbocycles. The third-order valence-electron chi connectivity index (χ3n) is 13.4. The minimum absolute atomic E-state index is 0.0344. The zero-order valence-corrected chi connectivity index (χ0v) is 50.3. The Morgan fingerprint density at radius 2 is 1.31 bits per heavy atom. The lowest BCUT2D eigenvalue weighted by Gasteiger charge is -2.32. The fourth-order valence-corrected chi connectivity index (χ4v) is 10.6. The normalized spacial score (nSPS) is 14.0. The summed E-state index contributed by atoms with van der Waals surface area (Å²) in [4.78, 5) is 147. The van der Waals surface area contributed by atoms with Crippen molar-refractivity contribution in [3.05, 3.63) is 120 Å². The molecule has 0 radical (unpaired) electrons. The van der Waals surface area contributed by atoms with Crippen LogP contribution >= 0.6 is 0 Å². The molecule has 9 amide bonds. The standard InChI is InChI=1S/C59H78N12O14S/c1-33(2)25-47(57(80)81)71(86(83,84)40-21-19-35(5)20-22-40)56(79)46(28-39-30-61-32-64-39)66-49(73)31-63-55(78)50(34(3)4)70-51(74)36(6)65-53(76)45(27-38-29-62-42-18-14-13-17-41(38)42)68-52(75)43(23-24-48(60)72)67-54(77)44(26-37-15-11-10-12-16-37)69-58(82)85-59(7,8)9/h10-22,29-30,32-34,36,43-47,50,62H,23-28,31H2,1-9H3,(H2,60,72)(H,61,64)(H,63,78)(H,65,76)(H,66,73)(H,67,77)(H,68,75)(H,69,82)(H,70,74)(H,80,81)/t36-,43-,44+,45-,46-,47-,50-/m0/s1. The number of para-hydroxylation sites is 1. The van der Waals surface area contributed by atoms with E-state index in [0.29, 0.717) is 27.6 Å². The summed E-state index contributed by atoms with van der Waals surface area (Å²) < 4.78 is 34.2. The van der Waals surface area contributed by atoms with Crippen LogP contribution in [-0.2, 0) is 77.2 Å². The van der Waals surface area contributed by atoms with Crippen molar-refractivity contribution < 1.29 is 66.2 Å². The number of aromatic nitrogens is 3. The molecule has 464 valence electrons. The van der Waals surface area contributed by atoms with Crippen LogP contribution in [0.1, 0.15) is 97.0 Å². The van der Waals surface area contributed by atoms with Crippen LogP contribution in [0.5, 0.6) is 0 Å². The summed E-state index contributed by atoms with van der Waals surface area (Å²) in [6, 6.07) is 10.6. The molecule has 2 aromatic heterocycles. The Morgan fingerprint density at radius 1 is 0.698 bits per heavy atom. The maximum absolute atomic E-state index is 14.6. The second-order valence-corrected chi connectivity index (χ2v) is 24.4. The van der Waals surface area contributed by atoms with Crippen molar-refractivity contribution in [2.24, 2.45) is 17.6 Å². The fourth-order valence-electron chi connectivity index (χ4n) is 9.03. The van der Waals surface area contributed by atoms with Gasteiger partial charge in [-0.25, -0.2) is 27.3 Å². The van der Waals surface area contributed by atoms with E-state index in [-0.39, 0.29) is 47.0 Å². The molecule has 0 aliphatic rings. The number of nitrogens with zero attached hydrogens (tertiary/aromatic N) is 2. The third kappa shape index (κ3) is 20.0. The molecule has 0 fully saturated rings. The van der Waals surface area contributed by atoms with Gasteiger partial charge in [0.2, 0.25) is 41.4 Å². The summed E-state index contributed by atoms with van der Waals surface area (Å²) >= 11 is 0. The van der Waals surface area contributed by atoms with E-state index in [0.717, 1.165) is 0 Å². The highest BCUT2D eigenvalue weighted by Gasteiger charge is 2.44. The van der Waals surface area contributed by atoms with Gasteiger partial charge in [0.05, 0.1) is 23.5 Å². The van der Waals surface area contributed by atoms with Crippen LogP contribution in [0.4, 0.5) is 4.79 Å². The lowest BCUT2D eigenvalue weighted by molar-refractivity contribution is -0.147. The summed E-state index contributed by atoms with van der Waals surface area (Å²) in [7, 11) is -4.87. The molecule has 26 nitrogen and oxygen atoms in total. The van der Waals surface area contributed by atoms with E-state index in [1.807, 2.05) is 0 Å². The number of hydrogen-bond donors (Lipinski definition) is 11. The number of nitrogens with one attached hydrogen (secondary N) is 9. The van der Waals surface area contributed by atoms with Gasteiger partial charge in [0.1, 0.15) is 47.9 Å². The van der Waals surface area contributed by atoms with Gasteiger partial charge in [0, 0.05) is 49.0 Å². The second kappa shape index (κ2) is 30.6. The zero-order valence-electron chi connectivity index (χ0n) is 49.5. The number of alkyl carbamates (subject to hydrolysis) is 1. The largest absolute Gasteiger partial charge is 0.480 e. The van der Waals surface area contributed by atoms with Crippen molar-refractivity contribution >= 4 is 80.2 Å². The van der Waals surface area contributed by atoms with Crippen LogP contribution in [0.3, 0.4) is 0 Å². The van der Waals surface area contributed by atoms with E-state index >= 15 is 0 Å². The molecule has 5 rings (SSSR count). The molecule has 0 unspecified atom stereocenters. The average Bonchev–Trinajstić information content (AvgIpc) is 1.24. The summed E-state index contributed by atoms with van der Waals surface area (Å²) in [5.41, 5.74) is 7.37. The Hall–Kier alpha value is -9.14. The van der Waals surface area contributed by atoms with Gasteiger partial charge < -0.3 is 62.8 Å². The minimum Gasteiger partial charge on any atom is -0.480 e. The number of carboxylic acid groups (broad SMARTS) is 1. The number of sulfonamides is 1. The van der Waals surface area contributed by atoms with Gasteiger partial charge in [0.15, 0.2) is 0 Å². The number of ether oxygens (including phenoxy) is 1. The Kier molecular flexibility index (Phi) is 24.1. The number of primary amides is 1. The van der Waals surface area contributed by atoms with Crippen LogP contribution in [0.25, 0.3) is 10.9 Å². The van der Waals surface area contributed by atoms with Gasteiger partial charge >= 0.3 is 12.1 Å². The molecule has 12 N–H and O–H groups in total. The second-order valence-electron chi connectivity index (χ2n) is 22.6. The van der Waals surface area contributed by atoms with Crippen LogP contribution in [0.15, 0.2) is 102 Å². The van der Waals surface area contributed by atoms with E-state index in [2.05, 4.69) is 52.2 Å². The molecule has 2 heterocycles. The summed E-state index contributed by atoms with van der Waals surface area (Å²) in [5.74, 6) is -10.2. The number of imidazole rings is 1. The van der Waals surface area contributed by atoms with E-state index in [1.54, 1.807) is 116 Å². The maximum atomic E-state index is 14.6. The number of aromatic amines is 2. The fraction of sp³-hybridized carbons (Fsp3) is 0.441. The number of hydrogen-bond acceptors (Lipinski definition) is 14. The molecule has 0 saturated heterocycles. The SMILES string of the molecule is Cc1ccc(S(=O)(=O)N(C(=O)[C@H](Cc2c[nH]cn2)NC(=O)CNC(=O)[C@@H](NC(=O)[C@H](C)NC(=O)[C@H](Cc2c[nH]c3ccccc23)NC(=O)[C@H](CCC(N)=O)NC(=O)[C@@H](Cc2ccccc2)NC(=O)OC(C)(C)C)C(C)C)[C@@H](CC(C)C)C(=O)O)cc1. The van der Waals surface area contributed by atoms with Crippen LogP contribution in [0.2, 0.25) is 0 Å². The molecule has 0 aliphatic carbocycles. The lowest BCUT2D eigenvalue weighted by atomic mass is 10.0. The monoisotopic (exact) mass is 1210 g/mol. The Balaban J connectivity index is 1.33. The van der Waals surface area contributed by atoms with E-state index in [9.17, 15) is 61.5 Å². The Labute approximate surface area is 498 Å². The molecule has 0 spiro atoms. The van der Waals surface area contributed by atoms with Crippen molar-refractivity contribution in [3.63, 3.8) is 0 Å². The van der Waals surface area contributed by atoms with Gasteiger partial charge in [-0.3, -0.25) is 38.4 Å². The third-order valence-corrected chi connectivity index (χ3v) is 15.2. The number of amides is 9. The van der Waals surface area contributed by atoms with E-state index in [1.165, 1.54) is 43.7 Å². The molecule has 0 aliphatic heterocycles. The first-order valence-corrected chi connectivity index (χ1v) is 29.4.